The number of aromatic nitrogens is 1. The first-order valence-electron chi connectivity index (χ1n) is 5.20. The smallest absolute Gasteiger partial charge is 0.199 e. The fourth-order valence-electron chi connectivity index (χ4n) is 2.09. The average Bonchev–Trinajstić information content (AvgIpc) is 2.82. The Balaban J connectivity index is 2.01. The molecule has 1 aromatic carbocycles. The van der Waals surface area contributed by atoms with Crippen molar-refractivity contribution in [2.24, 2.45) is 0 Å². The standard InChI is InChI=1S/C12H11NO2/c14-9-6-5-8(7-9)12-13-10-3-1-2-4-11(10)15-12/h1-4,8H,5-7H2/t8-/m1/s1. The molecule has 0 amide bonds. The number of Topliss-reactive ketones (excluding diaryl/α,β-unsaturated/α-hetero) is 1. The molecule has 1 fully saturated rings. The molecule has 0 spiro atoms. The summed E-state index contributed by atoms with van der Waals surface area (Å²) >= 11 is 0. The van der Waals surface area contributed by atoms with E-state index in [0.29, 0.717) is 18.6 Å². The van der Waals surface area contributed by atoms with Gasteiger partial charge < -0.3 is 4.42 Å². The Kier molecular flexibility index (Phi) is 1.84. The molecule has 0 N–H and O–H groups in total. The van der Waals surface area contributed by atoms with Crippen molar-refractivity contribution in [3.05, 3.63) is 30.2 Å². The van der Waals surface area contributed by atoms with Gasteiger partial charge in [0.15, 0.2) is 11.5 Å². The van der Waals surface area contributed by atoms with Crippen molar-refractivity contribution < 1.29 is 9.21 Å². The highest BCUT2D eigenvalue weighted by atomic mass is 16.3. The molecule has 2 aromatic rings. The first-order valence-corrected chi connectivity index (χ1v) is 5.20. The Morgan fingerprint density at radius 1 is 1.33 bits per heavy atom. The number of para-hydroxylation sites is 2. The molecule has 0 unspecified atom stereocenters. The zero-order chi connectivity index (χ0) is 10.3. The lowest BCUT2D eigenvalue weighted by atomic mass is 10.1. The van der Waals surface area contributed by atoms with Crippen molar-refractivity contribution in [1.29, 1.82) is 0 Å². The molecule has 0 radical (unpaired) electrons. The number of benzene rings is 1. The van der Waals surface area contributed by atoms with Gasteiger partial charge in [-0.15, -0.1) is 0 Å². The summed E-state index contributed by atoms with van der Waals surface area (Å²) in [7, 11) is 0. The third-order valence-electron chi connectivity index (χ3n) is 2.91. The molecule has 15 heavy (non-hydrogen) atoms. The van der Waals surface area contributed by atoms with Gasteiger partial charge in [-0.2, -0.15) is 0 Å². The molecule has 3 heteroatoms. The predicted octanol–water partition coefficient (Wildman–Crippen LogP) is 2.66. The molecule has 1 atom stereocenters. The lowest BCUT2D eigenvalue weighted by Gasteiger charge is -1.99. The summed E-state index contributed by atoms with van der Waals surface area (Å²) in [5.74, 6) is 1.24. The monoisotopic (exact) mass is 201 g/mol. The van der Waals surface area contributed by atoms with E-state index in [0.717, 1.165) is 23.4 Å². The minimum atomic E-state index is 0.199. The van der Waals surface area contributed by atoms with Crippen molar-refractivity contribution >= 4 is 16.9 Å². The van der Waals surface area contributed by atoms with E-state index in [2.05, 4.69) is 4.98 Å². The topological polar surface area (TPSA) is 43.1 Å². The number of oxazole rings is 1. The summed E-state index contributed by atoms with van der Waals surface area (Å²) < 4.78 is 5.64. The van der Waals surface area contributed by atoms with Crippen LogP contribution in [0.1, 0.15) is 31.1 Å². The largest absolute Gasteiger partial charge is 0.440 e. The second kappa shape index (κ2) is 3.19. The molecule has 1 aliphatic rings. The Morgan fingerprint density at radius 2 is 2.20 bits per heavy atom. The highest BCUT2D eigenvalue weighted by molar-refractivity contribution is 5.81. The van der Waals surface area contributed by atoms with E-state index in [1.165, 1.54) is 0 Å². The third kappa shape index (κ3) is 1.44. The van der Waals surface area contributed by atoms with Gasteiger partial charge >= 0.3 is 0 Å². The summed E-state index contributed by atoms with van der Waals surface area (Å²) in [5, 5.41) is 0. The van der Waals surface area contributed by atoms with Gasteiger partial charge in [-0.3, -0.25) is 4.79 Å². The van der Waals surface area contributed by atoms with Crippen LogP contribution in [0, 0.1) is 0 Å². The molecule has 1 heterocycles. The second-order valence-electron chi connectivity index (χ2n) is 4.00. The number of hydrogen-bond acceptors (Lipinski definition) is 3. The van der Waals surface area contributed by atoms with Crippen LogP contribution in [0.15, 0.2) is 28.7 Å². The lowest BCUT2D eigenvalue weighted by Crippen LogP contribution is -1.93. The summed E-state index contributed by atoms with van der Waals surface area (Å²) in [5.41, 5.74) is 1.69. The van der Waals surface area contributed by atoms with E-state index in [1.54, 1.807) is 0 Å². The zero-order valence-electron chi connectivity index (χ0n) is 8.27. The Hall–Kier alpha value is -1.64. The van der Waals surface area contributed by atoms with E-state index in [9.17, 15) is 4.79 Å². The van der Waals surface area contributed by atoms with Gasteiger partial charge in [0.05, 0.1) is 0 Å². The molecular formula is C12H11NO2. The normalized spacial score (nSPS) is 21.3. The predicted molar refractivity (Wildman–Crippen MR) is 55.6 cm³/mol. The highest BCUT2D eigenvalue weighted by Crippen LogP contribution is 2.32. The van der Waals surface area contributed by atoms with Crippen LogP contribution in [0.4, 0.5) is 0 Å². The van der Waals surface area contributed by atoms with Gasteiger partial charge in [-0.25, -0.2) is 4.98 Å². The summed E-state index contributed by atoms with van der Waals surface area (Å²) in [6.45, 7) is 0. The van der Waals surface area contributed by atoms with E-state index in [1.807, 2.05) is 24.3 Å². The molecule has 0 aliphatic heterocycles. The third-order valence-corrected chi connectivity index (χ3v) is 2.91. The van der Waals surface area contributed by atoms with E-state index < -0.39 is 0 Å². The first-order chi connectivity index (χ1) is 7.33. The van der Waals surface area contributed by atoms with Crippen LogP contribution >= 0.6 is 0 Å². The fraction of sp³-hybridized carbons (Fsp3) is 0.333. The number of rotatable bonds is 1. The average molecular weight is 201 g/mol. The van der Waals surface area contributed by atoms with Gasteiger partial charge in [-0.1, -0.05) is 12.1 Å². The number of carbonyl (C=O) groups excluding carboxylic acids is 1. The maximum Gasteiger partial charge on any atom is 0.199 e. The molecule has 1 saturated carbocycles. The van der Waals surface area contributed by atoms with Gasteiger partial charge in [0.25, 0.3) is 0 Å². The van der Waals surface area contributed by atoms with Crippen LogP contribution in [0.25, 0.3) is 11.1 Å². The van der Waals surface area contributed by atoms with Crippen molar-refractivity contribution in [2.45, 2.75) is 25.2 Å². The molecule has 1 aromatic heterocycles. The maximum atomic E-state index is 11.2. The number of ketones is 1. The Morgan fingerprint density at radius 3 is 2.93 bits per heavy atom. The second-order valence-corrected chi connectivity index (χ2v) is 4.00. The molecule has 3 rings (SSSR count). The number of nitrogens with zero attached hydrogens (tertiary/aromatic N) is 1. The fourth-order valence-corrected chi connectivity index (χ4v) is 2.09. The van der Waals surface area contributed by atoms with Crippen LogP contribution in [0.5, 0.6) is 0 Å². The van der Waals surface area contributed by atoms with Gasteiger partial charge in [0, 0.05) is 18.8 Å². The Labute approximate surface area is 87.1 Å². The summed E-state index contributed by atoms with van der Waals surface area (Å²) in [6.07, 6.45) is 2.14. The minimum absolute atomic E-state index is 0.199. The van der Waals surface area contributed by atoms with E-state index in [-0.39, 0.29) is 5.92 Å². The number of fused-ring (bicyclic) bond motifs is 1. The maximum absolute atomic E-state index is 11.2. The van der Waals surface area contributed by atoms with Crippen LogP contribution < -0.4 is 0 Å². The van der Waals surface area contributed by atoms with Crippen LogP contribution in [-0.4, -0.2) is 10.8 Å². The minimum Gasteiger partial charge on any atom is -0.440 e. The molecule has 0 saturated heterocycles. The van der Waals surface area contributed by atoms with Gasteiger partial charge in [0.1, 0.15) is 11.3 Å². The quantitative estimate of drug-likeness (QED) is 0.712. The van der Waals surface area contributed by atoms with Crippen molar-refractivity contribution in [3.63, 3.8) is 0 Å². The molecule has 0 bridgehead atoms. The van der Waals surface area contributed by atoms with Crippen LogP contribution in [-0.2, 0) is 4.79 Å². The zero-order valence-corrected chi connectivity index (χ0v) is 8.27. The van der Waals surface area contributed by atoms with Crippen molar-refractivity contribution in [2.75, 3.05) is 0 Å². The summed E-state index contributed by atoms with van der Waals surface area (Å²) in [4.78, 5) is 15.6. The Bertz CT molecular complexity index is 482. The van der Waals surface area contributed by atoms with Crippen molar-refractivity contribution in [1.82, 2.24) is 4.98 Å². The first kappa shape index (κ1) is 8.65. The SMILES string of the molecule is O=C1CC[C@@H](c2nc3ccccc3o2)C1. The highest BCUT2D eigenvalue weighted by Gasteiger charge is 2.27. The van der Waals surface area contributed by atoms with E-state index >= 15 is 0 Å². The summed E-state index contributed by atoms with van der Waals surface area (Å²) in [6, 6.07) is 7.70. The number of hydrogen-bond donors (Lipinski definition) is 0. The molecule has 3 nitrogen and oxygen atoms in total. The molecule has 1 aliphatic carbocycles. The van der Waals surface area contributed by atoms with Gasteiger partial charge in [-0.05, 0) is 18.6 Å². The van der Waals surface area contributed by atoms with Crippen LogP contribution in [0.2, 0.25) is 0 Å². The molecule has 76 valence electrons. The number of carbonyl (C=O) groups is 1. The van der Waals surface area contributed by atoms with Crippen LogP contribution in [0.3, 0.4) is 0 Å². The molecular weight excluding hydrogens is 190 g/mol. The van der Waals surface area contributed by atoms with Crippen molar-refractivity contribution in [3.8, 4) is 0 Å². The van der Waals surface area contributed by atoms with E-state index in [4.69, 9.17) is 4.42 Å². The van der Waals surface area contributed by atoms with Gasteiger partial charge in [0.2, 0.25) is 0 Å². The lowest BCUT2D eigenvalue weighted by molar-refractivity contribution is -0.117.